The number of hydrazine groups is 1. The first-order valence-electron chi connectivity index (χ1n) is 8.65. The molecule has 26 heavy (non-hydrogen) atoms. The Morgan fingerprint density at radius 3 is 2.42 bits per heavy atom. The SMILES string of the molecule is O=C(O)/C=C/c1ccc(/C=C/c2cccc(NN3CCCCS3)c2)cc1. The van der Waals surface area contributed by atoms with Crippen LogP contribution >= 0.6 is 11.9 Å². The molecule has 1 fully saturated rings. The largest absolute Gasteiger partial charge is 0.478 e. The Bertz CT molecular complexity index is 794. The van der Waals surface area contributed by atoms with Gasteiger partial charge in [0, 0.05) is 18.4 Å². The summed E-state index contributed by atoms with van der Waals surface area (Å²) in [7, 11) is 0. The number of aliphatic carboxylic acids is 1. The van der Waals surface area contributed by atoms with Crippen LogP contribution in [0.4, 0.5) is 5.69 Å². The molecule has 0 unspecified atom stereocenters. The molecule has 0 atom stereocenters. The second kappa shape index (κ2) is 9.27. The van der Waals surface area contributed by atoms with Crippen molar-refractivity contribution < 1.29 is 9.90 Å². The van der Waals surface area contributed by atoms with E-state index in [9.17, 15) is 4.79 Å². The highest BCUT2D eigenvalue weighted by Crippen LogP contribution is 2.22. The van der Waals surface area contributed by atoms with Gasteiger partial charge in [0.15, 0.2) is 0 Å². The zero-order valence-electron chi connectivity index (χ0n) is 14.5. The smallest absolute Gasteiger partial charge is 0.328 e. The Labute approximate surface area is 158 Å². The van der Waals surface area contributed by atoms with Gasteiger partial charge in [-0.1, -0.05) is 60.5 Å². The van der Waals surface area contributed by atoms with Gasteiger partial charge in [0.25, 0.3) is 0 Å². The van der Waals surface area contributed by atoms with Gasteiger partial charge in [0.05, 0.1) is 5.69 Å². The highest BCUT2D eigenvalue weighted by Gasteiger charge is 2.10. The van der Waals surface area contributed by atoms with Crippen molar-refractivity contribution in [3.63, 3.8) is 0 Å². The number of hydrogen-bond donors (Lipinski definition) is 2. The van der Waals surface area contributed by atoms with Gasteiger partial charge in [-0.05, 0) is 47.7 Å². The summed E-state index contributed by atoms with van der Waals surface area (Å²) < 4.78 is 2.20. The molecule has 0 radical (unpaired) electrons. The molecule has 0 spiro atoms. The van der Waals surface area contributed by atoms with Crippen molar-refractivity contribution in [2.24, 2.45) is 0 Å². The van der Waals surface area contributed by atoms with Gasteiger partial charge in [-0.15, -0.1) is 0 Å². The van der Waals surface area contributed by atoms with E-state index in [1.165, 1.54) is 18.6 Å². The van der Waals surface area contributed by atoms with E-state index in [4.69, 9.17) is 5.11 Å². The maximum Gasteiger partial charge on any atom is 0.328 e. The minimum Gasteiger partial charge on any atom is -0.478 e. The number of carbonyl (C=O) groups is 1. The molecule has 0 saturated carbocycles. The molecule has 3 rings (SSSR count). The molecule has 0 aromatic heterocycles. The van der Waals surface area contributed by atoms with Gasteiger partial charge in [0.2, 0.25) is 0 Å². The van der Waals surface area contributed by atoms with Crippen LogP contribution in [0.25, 0.3) is 18.2 Å². The molecule has 1 heterocycles. The van der Waals surface area contributed by atoms with Crippen molar-refractivity contribution in [1.29, 1.82) is 0 Å². The van der Waals surface area contributed by atoms with Crippen molar-refractivity contribution >= 4 is 41.8 Å². The molecule has 5 heteroatoms. The lowest BCUT2D eigenvalue weighted by Crippen LogP contribution is -2.27. The molecule has 1 aliphatic rings. The highest BCUT2D eigenvalue weighted by molar-refractivity contribution is 7.97. The lowest BCUT2D eigenvalue weighted by atomic mass is 10.1. The average Bonchev–Trinajstić information content (AvgIpc) is 2.67. The van der Waals surface area contributed by atoms with Crippen LogP contribution in [-0.2, 0) is 4.79 Å². The number of rotatable bonds is 6. The molecule has 0 amide bonds. The number of anilines is 1. The molecule has 2 aromatic carbocycles. The van der Waals surface area contributed by atoms with E-state index in [-0.39, 0.29) is 0 Å². The zero-order chi connectivity index (χ0) is 18.2. The van der Waals surface area contributed by atoms with Crippen molar-refractivity contribution in [2.75, 3.05) is 17.7 Å². The van der Waals surface area contributed by atoms with Gasteiger partial charge in [-0.2, -0.15) is 4.41 Å². The molecule has 134 valence electrons. The maximum atomic E-state index is 10.5. The molecule has 1 saturated heterocycles. The molecule has 2 N–H and O–H groups in total. The molecule has 0 bridgehead atoms. The van der Waals surface area contributed by atoms with E-state index in [2.05, 4.69) is 46.3 Å². The predicted molar refractivity (Wildman–Crippen MR) is 111 cm³/mol. The van der Waals surface area contributed by atoms with Gasteiger partial charge in [0.1, 0.15) is 0 Å². The molecule has 0 aliphatic carbocycles. The maximum absolute atomic E-state index is 10.5. The van der Waals surface area contributed by atoms with Crippen molar-refractivity contribution in [3.05, 3.63) is 71.3 Å². The Morgan fingerprint density at radius 1 is 1.00 bits per heavy atom. The summed E-state index contributed by atoms with van der Waals surface area (Å²) in [5, 5.41) is 8.66. The summed E-state index contributed by atoms with van der Waals surface area (Å²) in [6.45, 7) is 1.06. The lowest BCUT2D eigenvalue weighted by Gasteiger charge is -2.26. The number of nitrogens with zero attached hydrogens (tertiary/aromatic N) is 1. The summed E-state index contributed by atoms with van der Waals surface area (Å²) in [5.74, 6) is 0.231. The predicted octanol–water partition coefficient (Wildman–Crippen LogP) is 5.03. The first-order valence-corrected chi connectivity index (χ1v) is 9.60. The number of carboxylic acids is 1. The number of benzene rings is 2. The van der Waals surface area contributed by atoms with E-state index in [1.54, 1.807) is 6.08 Å². The standard InChI is InChI=1S/C21H22N2O2S/c24-21(25)13-12-18-8-6-17(7-9-18)10-11-19-4-3-5-20(16-19)22-23-14-1-2-15-26-23/h3-13,16,22H,1-2,14-15H2,(H,24,25)/b11-10+,13-12+. The van der Waals surface area contributed by atoms with Gasteiger partial charge in [-0.3, -0.25) is 0 Å². The summed E-state index contributed by atoms with van der Waals surface area (Å²) in [4.78, 5) is 10.5. The zero-order valence-corrected chi connectivity index (χ0v) is 15.3. The van der Waals surface area contributed by atoms with E-state index in [0.29, 0.717) is 0 Å². The third-order valence-corrected chi connectivity index (χ3v) is 5.02. The Kier molecular flexibility index (Phi) is 6.52. The van der Waals surface area contributed by atoms with Crippen LogP contribution < -0.4 is 5.43 Å². The van der Waals surface area contributed by atoms with Crippen LogP contribution in [0.2, 0.25) is 0 Å². The second-order valence-corrected chi connectivity index (χ2v) is 7.16. The van der Waals surface area contributed by atoms with Crippen LogP contribution in [0.1, 0.15) is 29.5 Å². The Hall–Kier alpha value is -2.50. The van der Waals surface area contributed by atoms with Crippen molar-refractivity contribution in [3.8, 4) is 0 Å². The number of hydrogen-bond acceptors (Lipinski definition) is 4. The van der Waals surface area contributed by atoms with E-state index < -0.39 is 5.97 Å². The first-order chi connectivity index (χ1) is 12.7. The quantitative estimate of drug-likeness (QED) is 0.427. The molecule has 1 aliphatic heterocycles. The fourth-order valence-electron chi connectivity index (χ4n) is 2.62. The summed E-state index contributed by atoms with van der Waals surface area (Å²) in [6, 6.07) is 16.1. The van der Waals surface area contributed by atoms with Gasteiger partial charge >= 0.3 is 5.97 Å². The monoisotopic (exact) mass is 366 g/mol. The molecular weight excluding hydrogens is 344 g/mol. The van der Waals surface area contributed by atoms with Crippen LogP contribution in [0.3, 0.4) is 0 Å². The number of carboxylic acid groups (broad SMARTS) is 1. The Morgan fingerprint density at radius 2 is 1.73 bits per heavy atom. The minimum atomic E-state index is -0.939. The van der Waals surface area contributed by atoms with E-state index in [1.807, 2.05) is 36.2 Å². The van der Waals surface area contributed by atoms with Crippen molar-refractivity contribution in [1.82, 2.24) is 4.41 Å². The minimum absolute atomic E-state index is 0.870. The second-order valence-electron chi connectivity index (χ2n) is 6.05. The normalized spacial score (nSPS) is 15.5. The summed E-state index contributed by atoms with van der Waals surface area (Å²) in [6.07, 6.45) is 9.39. The van der Waals surface area contributed by atoms with Crippen molar-refractivity contribution in [2.45, 2.75) is 12.8 Å². The van der Waals surface area contributed by atoms with E-state index >= 15 is 0 Å². The highest BCUT2D eigenvalue weighted by atomic mass is 32.2. The third kappa shape index (κ3) is 5.79. The van der Waals surface area contributed by atoms with Gasteiger partial charge in [-0.25, -0.2) is 4.79 Å². The molecule has 2 aromatic rings. The molecule has 4 nitrogen and oxygen atoms in total. The van der Waals surface area contributed by atoms with Gasteiger partial charge < -0.3 is 10.5 Å². The van der Waals surface area contributed by atoms with Crippen LogP contribution in [0.15, 0.2) is 54.6 Å². The summed E-state index contributed by atoms with van der Waals surface area (Å²) in [5.41, 5.74) is 7.62. The third-order valence-electron chi connectivity index (χ3n) is 3.97. The Balaban J connectivity index is 1.62. The number of nitrogens with one attached hydrogen (secondary N) is 1. The lowest BCUT2D eigenvalue weighted by molar-refractivity contribution is -0.131. The first kappa shape index (κ1) is 18.3. The van der Waals surface area contributed by atoms with Crippen LogP contribution in [0.5, 0.6) is 0 Å². The topological polar surface area (TPSA) is 52.6 Å². The van der Waals surface area contributed by atoms with Crippen LogP contribution in [0, 0.1) is 0 Å². The fourth-order valence-corrected chi connectivity index (χ4v) is 3.60. The molecular formula is C21H22N2O2S. The average molecular weight is 366 g/mol. The van der Waals surface area contributed by atoms with E-state index in [0.717, 1.165) is 35.0 Å². The summed E-state index contributed by atoms with van der Waals surface area (Å²) >= 11 is 1.84. The van der Waals surface area contributed by atoms with Crippen LogP contribution in [-0.4, -0.2) is 27.8 Å². The fraction of sp³-hybridized carbons (Fsp3) is 0.190.